The molecular weight excluding hydrogens is 356 g/mol. The molecule has 27 heavy (non-hydrogen) atoms. The zero-order chi connectivity index (χ0) is 18.3. The number of nitrogens with one attached hydrogen (secondary N) is 1. The molecule has 4 heterocycles. The van der Waals surface area contributed by atoms with E-state index in [0.29, 0.717) is 5.91 Å². The summed E-state index contributed by atoms with van der Waals surface area (Å²) in [6.07, 6.45) is 9.07. The Labute approximate surface area is 164 Å². The lowest BCUT2D eigenvalue weighted by atomic mass is 9.77. The van der Waals surface area contributed by atoms with Crippen LogP contribution in [0, 0.1) is 11.3 Å². The van der Waals surface area contributed by atoms with E-state index in [2.05, 4.69) is 32.1 Å². The lowest BCUT2D eigenvalue weighted by Gasteiger charge is -2.42. The highest BCUT2D eigenvalue weighted by atomic mass is 32.1. The maximum absolute atomic E-state index is 13.3. The average Bonchev–Trinajstić information content (AvgIpc) is 3.36. The Hall–Kier alpha value is -1.66. The predicted molar refractivity (Wildman–Crippen MR) is 107 cm³/mol. The van der Waals surface area contributed by atoms with Crippen LogP contribution in [0.5, 0.6) is 0 Å². The largest absolute Gasteiger partial charge is 0.342 e. The summed E-state index contributed by atoms with van der Waals surface area (Å²) >= 11 is 1.82. The molecule has 2 saturated heterocycles. The van der Waals surface area contributed by atoms with E-state index in [9.17, 15) is 4.79 Å². The van der Waals surface area contributed by atoms with E-state index < -0.39 is 0 Å². The first-order valence-electron chi connectivity index (χ1n) is 10.3. The molecule has 3 aliphatic rings. The highest BCUT2D eigenvalue weighted by Gasteiger charge is 2.48. The van der Waals surface area contributed by atoms with Gasteiger partial charge in [0.2, 0.25) is 5.91 Å². The van der Waals surface area contributed by atoms with Crippen molar-refractivity contribution < 1.29 is 4.79 Å². The van der Waals surface area contributed by atoms with Gasteiger partial charge in [0, 0.05) is 37.3 Å². The van der Waals surface area contributed by atoms with Gasteiger partial charge in [0.05, 0.1) is 16.0 Å². The van der Waals surface area contributed by atoms with Crippen molar-refractivity contribution in [2.24, 2.45) is 11.3 Å². The van der Waals surface area contributed by atoms with Crippen LogP contribution in [0.4, 0.5) is 0 Å². The summed E-state index contributed by atoms with van der Waals surface area (Å²) in [7, 11) is 0. The molecule has 2 aliphatic heterocycles. The minimum Gasteiger partial charge on any atom is -0.342 e. The molecule has 5 rings (SSSR count). The second-order valence-electron chi connectivity index (χ2n) is 8.63. The molecule has 0 bridgehead atoms. The average molecular weight is 385 g/mol. The fourth-order valence-electron chi connectivity index (χ4n) is 5.01. The number of carbonyl (C=O) groups excluding carboxylic acids is 1. The van der Waals surface area contributed by atoms with Crippen LogP contribution in [-0.4, -0.2) is 52.1 Å². The predicted octanol–water partition coefficient (Wildman–Crippen LogP) is 3.75. The van der Waals surface area contributed by atoms with Crippen molar-refractivity contribution >= 4 is 17.2 Å². The van der Waals surface area contributed by atoms with Crippen LogP contribution in [0.2, 0.25) is 0 Å². The molecular formula is C21H28N4OS. The van der Waals surface area contributed by atoms with Crippen molar-refractivity contribution in [2.45, 2.75) is 45.1 Å². The first-order chi connectivity index (χ1) is 13.2. The number of hydrogen-bond donors (Lipinski definition) is 1. The van der Waals surface area contributed by atoms with Crippen LogP contribution in [-0.2, 0) is 11.3 Å². The lowest BCUT2D eigenvalue weighted by Crippen LogP contribution is -2.51. The standard InChI is InChI=1S/C21H28N4OS/c26-20-21(8-2-11-25(20)13-16-3-1-4-16)9-12-24(15-21)14-17-5-6-19(27-17)18-7-10-22-23-18/h5-7,10,16H,1-4,8-9,11-15H2,(H,22,23). The summed E-state index contributed by atoms with van der Waals surface area (Å²) in [4.78, 5) is 20.6. The van der Waals surface area contributed by atoms with Crippen LogP contribution in [0.3, 0.4) is 0 Å². The quantitative estimate of drug-likeness (QED) is 0.854. The molecule has 144 valence electrons. The third kappa shape index (κ3) is 3.34. The van der Waals surface area contributed by atoms with E-state index in [1.54, 1.807) is 6.20 Å². The van der Waals surface area contributed by atoms with Gasteiger partial charge in [0.15, 0.2) is 0 Å². The molecule has 1 amide bonds. The third-order valence-corrected chi connectivity index (χ3v) is 7.87. The van der Waals surface area contributed by atoms with Crippen LogP contribution in [0.15, 0.2) is 24.4 Å². The van der Waals surface area contributed by atoms with Gasteiger partial charge in [0.25, 0.3) is 0 Å². The molecule has 1 unspecified atom stereocenters. The normalized spacial score (nSPS) is 26.8. The van der Waals surface area contributed by atoms with E-state index in [0.717, 1.165) is 57.2 Å². The molecule has 0 radical (unpaired) electrons. The molecule has 1 atom stereocenters. The highest BCUT2D eigenvalue weighted by molar-refractivity contribution is 7.15. The van der Waals surface area contributed by atoms with E-state index >= 15 is 0 Å². The van der Waals surface area contributed by atoms with Crippen molar-refractivity contribution in [3.05, 3.63) is 29.3 Å². The monoisotopic (exact) mass is 384 g/mol. The number of thiophene rings is 1. The lowest BCUT2D eigenvalue weighted by molar-refractivity contribution is -0.146. The number of nitrogens with zero attached hydrogens (tertiary/aromatic N) is 3. The second-order valence-corrected chi connectivity index (χ2v) is 9.80. The van der Waals surface area contributed by atoms with Crippen molar-refractivity contribution in [3.63, 3.8) is 0 Å². The Kier molecular flexibility index (Phi) is 4.56. The Morgan fingerprint density at radius 1 is 1.19 bits per heavy atom. The van der Waals surface area contributed by atoms with Gasteiger partial charge >= 0.3 is 0 Å². The van der Waals surface area contributed by atoms with Crippen LogP contribution in [0.1, 0.15) is 43.4 Å². The minimum atomic E-state index is -0.106. The van der Waals surface area contributed by atoms with Gasteiger partial charge < -0.3 is 4.90 Å². The molecule has 1 aliphatic carbocycles. The summed E-state index contributed by atoms with van der Waals surface area (Å²) < 4.78 is 0. The van der Waals surface area contributed by atoms with Crippen molar-refractivity contribution in [1.82, 2.24) is 20.0 Å². The van der Waals surface area contributed by atoms with E-state index in [4.69, 9.17) is 0 Å². The Bertz CT molecular complexity index is 797. The van der Waals surface area contributed by atoms with Gasteiger partial charge in [-0.3, -0.25) is 14.8 Å². The molecule has 2 aromatic heterocycles. The first kappa shape index (κ1) is 17.4. The number of likely N-dealkylation sites (tertiary alicyclic amines) is 2. The number of H-pyrrole nitrogens is 1. The van der Waals surface area contributed by atoms with Crippen molar-refractivity contribution in [1.29, 1.82) is 0 Å². The number of aromatic nitrogens is 2. The smallest absolute Gasteiger partial charge is 0.230 e. The molecule has 2 aromatic rings. The molecule has 3 fully saturated rings. The highest BCUT2D eigenvalue weighted by Crippen LogP contribution is 2.42. The third-order valence-electron chi connectivity index (χ3n) is 6.77. The minimum absolute atomic E-state index is 0.106. The van der Waals surface area contributed by atoms with Gasteiger partial charge in [-0.1, -0.05) is 6.42 Å². The molecule has 1 saturated carbocycles. The van der Waals surface area contributed by atoms with Crippen LogP contribution < -0.4 is 0 Å². The van der Waals surface area contributed by atoms with Gasteiger partial charge in [-0.05, 0) is 62.8 Å². The molecule has 1 N–H and O–H groups in total. The van der Waals surface area contributed by atoms with Gasteiger partial charge in [-0.2, -0.15) is 5.10 Å². The summed E-state index contributed by atoms with van der Waals surface area (Å²) in [5.41, 5.74) is 0.976. The summed E-state index contributed by atoms with van der Waals surface area (Å²) in [5, 5.41) is 7.08. The fraction of sp³-hybridized carbons (Fsp3) is 0.619. The van der Waals surface area contributed by atoms with E-state index in [-0.39, 0.29) is 5.41 Å². The number of amides is 1. The molecule has 0 aromatic carbocycles. The van der Waals surface area contributed by atoms with Gasteiger partial charge in [-0.25, -0.2) is 0 Å². The van der Waals surface area contributed by atoms with E-state index in [1.165, 1.54) is 35.4 Å². The number of piperidine rings is 1. The van der Waals surface area contributed by atoms with Crippen LogP contribution in [0.25, 0.3) is 10.6 Å². The molecule has 6 heteroatoms. The van der Waals surface area contributed by atoms with Gasteiger partial charge in [-0.15, -0.1) is 11.3 Å². The zero-order valence-electron chi connectivity index (χ0n) is 15.8. The second kappa shape index (κ2) is 7.06. The fourth-order valence-corrected chi connectivity index (χ4v) is 6.03. The molecule has 5 nitrogen and oxygen atoms in total. The van der Waals surface area contributed by atoms with Crippen molar-refractivity contribution in [2.75, 3.05) is 26.2 Å². The molecule has 1 spiro atoms. The first-order valence-corrected chi connectivity index (χ1v) is 11.1. The Balaban J connectivity index is 1.23. The Morgan fingerprint density at radius 3 is 2.89 bits per heavy atom. The Morgan fingerprint density at radius 2 is 2.11 bits per heavy atom. The maximum atomic E-state index is 13.3. The number of aromatic amines is 1. The maximum Gasteiger partial charge on any atom is 0.230 e. The van der Waals surface area contributed by atoms with E-state index in [1.807, 2.05) is 17.4 Å². The summed E-state index contributed by atoms with van der Waals surface area (Å²) in [6.45, 7) is 4.93. The SMILES string of the molecule is O=C1N(CC2CCC2)CCCC12CCN(Cc1ccc(-c3ccn[nH]3)s1)C2. The zero-order valence-corrected chi connectivity index (χ0v) is 16.6. The van der Waals surface area contributed by atoms with Crippen LogP contribution >= 0.6 is 11.3 Å². The van der Waals surface area contributed by atoms with Gasteiger partial charge in [0.1, 0.15) is 0 Å². The number of hydrogen-bond acceptors (Lipinski definition) is 4. The summed E-state index contributed by atoms with van der Waals surface area (Å²) in [6, 6.07) is 6.40. The summed E-state index contributed by atoms with van der Waals surface area (Å²) in [5.74, 6) is 1.22. The van der Waals surface area contributed by atoms with Crippen molar-refractivity contribution in [3.8, 4) is 10.6 Å². The number of rotatable bonds is 5. The number of carbonyl (C=O) groups is 1. The topological polar surface area (TPSA) is 52.2 Å².